The molecule has 3 rings (SSSR count). The van der Waals surface area contributed by atoms with Gasteiger partial charge < -0.3 is 29.5 Å². The maximum Gasteiger partial charge on any atom is 0.303 e. The number of para-hydroxylation sites is 1. The fourth-order valence-electron chi connectivity index (χ4n) is 4.41. The Labute approximate surface area is 228 Å². The van der Waals surface area contributed by atoms with Crippen LogP contribution in [0.25, 0.3) is 0 Å². The van der Waals surface area contributed by atoms with Crippen LogP contribution in [0.1, 0.15) is 57.3 Å². The number of aliphatic carboxylic acids is 1. The van der Waals surface area contributed by atoms with Crippen molar-refractivity contribution >= 4 is 35.1 Å². The molecule has 0 radical (unpaired) electrons. The van der Waals surface area contributed by atoms with E-state index in [1.165, 1.54) is 14.2 Å². The summed E-state index contributed by atoms with van der Waals surface area (Å²) in [6.07, 6.45) is -1.94. The van der Waals surface area contributed by atoms with Gasteiger partial charge >= 0.3 is 5.97 Å². The summed E-state index contributed by atoms with van der Waals surface area (Å²) in [4.78, 5) is 39.2. The van der Waals surface area contributed by atoms with Gasteiger partial charge in [0.05, 0.1) is 20.6 Å². The van der Waals surface area contributed by atoms with Crippen LogP contribution >= 0.6 is 11.6 Å². The largest absolute Gasteiger partial charge is 0.493 e. The van der Waals surface area contributed by atoms with Gasteiger partial charge in [-0.2, -0.15) is 0 Å². The number of methoxy groups -OCH3 is 2. The van der Waals surface area contributed by atoms with Crippen molar-refractivity contribution in [2.24, 2.45) is 5.41 Å². The van der Waals surface area contributed by atoms with Gasteiger partial charge in [0, 0.05) is 41.3 Å². The number of carbonyl (C=O) groups excluding carboxylic acids is 2. The Bertz CT molecular complexity index is 1180. The Kier molecular flexibility index (Phi) is 9.62. The molecule has 0 saturated heterocycles. The molecule has 0 aliphatic carbocycles. The first-order chi connectivity index (χ1) is 17.9. The lowest BCUT2D eigenvalue weighted by Crippen LogP contribution is -2.45. The maximum absolute atomic E-state index is 13.9. The van der Waals surface area contributed by atoms with Gasteiger partial charge in [-0.1, -0.05) is 44.5 Å². The number of benzene rings is 2. The number of ether oxygens (including phenoxy) is 3. The predicted molar refractivity (Wildman–Crippen MR) is 144 cm³/mol. The molecular weight excluding hydrogens is 512 g/mol. The molecule has 9 nitrogen and oxygen atoms in total. The van der Waals surface area contributed by atoms with Crippen molar-refractivity contribution in [2.75, 3.05) is 32.2 Å². The van der Waals surface area contributed by atoms with Gasteiger partial charge in [0.15, 0.2) is 11.5 Å². The summed E-state index contributed by atoms with van der Waals surface area (Å²) in [7, 11) is 3.06. The van der Waals surface area contributed by atoms with Gasteiger partial charge in [0.25, 0.3) is 5.91 Å². The smallest absolute Gasteiger partial charge is 0.303 e. The molecule has 0 fully saturated rings. The highest BCUT2D eigenvalue weighted by atomic mass is 35.5. The van der Waals surface area contributed by atoms with Crippen molar-refractivity contribution in [2.45, 2.75) is 52.2 Å². The van der Waals surface area contributed by atoms with E-state index in [0.29, 0.717) is 39.9 Å². The first-order valence-electron chi connectivity index (χ1n) is 12.4. The highest BCUT2D eigenvalue weighted by molar-refractivity contribution is 6.30. The molecule has 206 valence electrons. The minimum absolute atomic E-state index is 0.0632. The molecule has 2 N–H and O–H groups in total. The van der Waals surface area contributed by atoms with Crippen molar-refractivity contribution in [1.82, 2.24) is 5.32 Å². The second-order valence-electron chi connectivity index (χ2n) is 10.3. The van der Waals surface area contributed by atoms with Crippen LogP contribution in [0.3, 0.4) is 0 Å². The first-order valence-corrected chi connectivity index (χ1v) is 12.8. The highest BCUT2D eigenvalue weighted by Crippen LogP contribution is 2.45. The van der Waals surface area contributed by atoms with Crippen LogP contribution in [0.2, 0.25) is 5.02 Å². The molecule has 2 atom stereocenters. The van der Waals surface area contributed by atoms with Gasteiger partial charge in [0.1, 0.15) is 12.2 Å². The maximum atomic E-state index is 13.9. The number of nitrogens with one attached hydrogen (secondary N) is 1. The van der Waals surface area contributed by atoms with E-state index in [9.17, 15) is 14.4 Å². The summed E-state index contributed by atoms with van der Waals surface area (Å²) in [5.74, 6) is -0.768. The van der Waals surface area contributed by atoms with Crippen molar-refractivity contribution in [1.29, 1.82) is 0 Å². The summed E-state index contributed by atoms with van der Waals surface area (Å²) in [5, 5.41) is 12.0. The molecule has 2 aromatic rings. The number of hydrogen-bond acceptors (Lipinski definition) is 6. The van der Waals surface area contributed by atoms with Crippen LogP contribution in [0.15, 0.2) is 36.4 Å². The minimum atomic E-state index is -1.12. The topological polar surface area (TPSA) is 114 Å². The predicted octanol–water partition coefficient (Wildman–Crippen LogP) is 4.60. The molecule has 38 heavy (non-hydrogen) atoms. The van der Waals surface area contributed by atoms with E-state index >= 15 is 0 Å². The third kappa shape index (κ3) is 7.17. The van der Waals surface area contributed by atoms with Crippen LogP contribution in [-0.2, 0) is 19.1 Å². The number of fused-ring (bicyclic) bond motifs is 1. The summed E-state index contributed by atoms with van der Waals surface area (Å²) < 4.78 is 17.6. The number of anilines is 1. The molecule has 2 aromatic carbocycles. The molecule has 0 saturated carbocycles. The molecule has 2 amide bonds. The number of amides is 2. The number of rotatable bonds is 10. The zero-order valence-corrected chi connectivity index (χ0v) is 23.1. The lowest BCUT2D eigenvalue weighted by molar-refractivity contribution is -0.138. The Hall–Kier alpha value is -3.30. The van der Waals surface area contributed by atoms with E-state index in [2.05, 4.69) is 5.32 Å². The Morgan fingerprint density at radius 1 is 1.13 bits per heavy atom. The average Bonchev–Trinajstić information content (AvgIpc) is 2.95. The summed E-state index contributed by atoms with van der Waals surface area (Å²) >= 11 is 6.43. The molecule has 0 aromatic heterocycles. The third-order valence-corrected chi connectivity index (χ3v) is 6.25. The number of carbonyl (C=O) groups is 3. The monoisotopic (exact) mass is 546 g/mol. The molecule has 10 heteroatoms. The van der Waals surface area contributed by atoms with Crippen molar-refractivity contribution in [3.05, 3.63) is 52.5 Å². The summed E-state index contributed by atoms with van der Waals surface area (Å²) in [6.45, 7) is 6.63. The third-order valence-electron chi connectivity index (χ3n) is 6.01. The zero-order chi connectivity index (χ0) is 28.0. The van der Waals surface area contributed by atoms with Gasteiger partial charge in [0.2, 0.25) is 5.91 Å². The highest BCUT2D eigenvalue weighted by Gasteiger charge is 2.40. The van der Waals surface area contributed by atoms with E-state index in [1.807, 2.05) is 26.8 Å². The number of carboxylic acid groups (broad SMARTS) is 1. The number of halogens is 1. The van der Waals surface area contributed by atoms with Gasteiger partial charge in [-0.3, -0.25) is 14.4 Å². The second-order valence-corrected chi connectivity index (χ2v) is 10.8. The van der Waals surface area contributed by atoms with E-state index in [-0.39, 0.29) is 37.1 Å². The lowest BCUT2D eigenvalue weighted by Gasteiger charge is -2.31. The normalized spacial score (nSPS) is 17.4. The molecular formula is C28H35ClN2O7. The SMILES string of the molecule is COc1cccc([C@H]2O[C@H](CC(=O)NCCCC(=O)O)C(=O)N(CC(C)(C)C)c3ccc(Cl)cc32)c1OC. The van der Waals surface area contributed by atoms with Crippen molar-refractivity contribution in [3.63, 3.8) is 0 Å². The Morgan fingerprint density at radius 2 is 1.87 bits per heavy atom. The number of carboxylic acids is 1. The van der Waals surface area contributed by atoms with Crippen LogP contribution in [0, 0.1) is 5.41 Å². The Morgan fingerprint density at radius 3 is 2.50 bits per heavy atom. The Balaban J connectivity index is 2.08. The molecule has 1 aliphatic heterocycles. The summed E-state index contributed by atoms with van der Waals surface area (Å²) in [6, 6.07) is 10.7. The molecule has 1 heterocycles. The van der Waals surface area contributed by atoms with Crippen LogP contribution < -0.4 is 19.7 Å². The number of nitrogens with zero attached hydrogens (tertiary/aromatic N) is 1. The van der Waals surface area contributed by atoms with E-state index < -0.39 is 24.1 Å². The quantitative estimate of drug-likeness (QED) is 0.419. The van der Waals surface area contributed by atoms with E-state index in [4.69, 9.17) is 30.9 Å². The van der Waals surface area contributed by atoms with Gasteiger partial charge in [-0.25, -0.2) is 0 Å². The van der Waals surface area contributed by atoms with Crippen molar-refractivity contribution < 1.29 is 33.7 Å². The fraction of sp³-hybridized carbons (Fsp3) is 0.464. The van der Waals surface area contributed by atoms with E-state index in [1.54, 1.807) is 35.2 Å². The van der Waals surface area contributed by atoms with Crippen LogP contribution in [0.4, 0.5) is 5.69 Å². The van der Waals surface area contributed by atoms with E-state index in [0.717, 1.165) is 0 Å². The van der Waals surface area contributed by atoms with Crippen LogP contribution in [-0.4, -0.2) is 56.3 Å². The van der Waals surface area contributed by atoms with Crippen molar-refractivity contribution in [3.8, 4) is 11.5 Å². The molecule has 0 unspecified atom stereocenters. The standard InChI is InChI=1S/C28H35ClN2O7/c1-28(2,3)16-31-20-12-11-17(29)14-19(20)25(18-8-6-9-21(36-4)26(18)37-5)38-22(27(31)35)15-23(32)30-13-7-10-24(33)34/h6,8-9,11-12,14,22,25H,7,10,13,15-16H2,1-5H3,(H,30,32)(H,33,34)/t22-,25-/m1/s1. The summed E-state index contributed by atoms with van der Waals surface area (Å²) in [5.41, 5.74) is 1.65. The molecule has 0 bridgehead atoms. The van der Waals surface area contributed by atoms with Crippen LogP contribution in [0.5, 0.6) is 11.5 Å². The lowest BCUT2D eigenvalue weighted by atomic mass is 9.94. The second kappa shape index (κ2) is 12.5. The average molecular weight is 547 g/mol. The molecule has 0 spiro atoms. The van der Waals surface area contributed by atoms with Gasteiger partial charge in [-0.15, -0.1) is 0 Å². The minimum Gasteiger partial charge on any atom is -0.493 e. The fourth-order valence-corrected chi connectivity index (χ4v) is 4.59. The number of hydrogen-bond donors (Lipinski definition) is 2. The molecule has 1 aliphatic rings. The zero-order valence-electron chi connectivity index (χ0n) is 22.4. The van der Waals surface area contributed by atoms with Gasteiger partial charge in [-0.05, 0) is 36.1 Å². The first kappa shape index (κ1) is 29.3.